The Labute approximate surface area is 97.4 Å². The van der Waals surface area contributed by atoms with E-state index in [2.05, 4.69) is 29.2 Å². The molecule has 2 nitrogen and oxygen atoms in total. The standard InChI is InChI=1S/C14H20N2/c15-14-6-7-16(10-14)9-11-2-1-3-13(8-11)12-4-5-12/h1-3,8,12,14H,4-7,9-10,15H2. The maximum atomic E-state index is 5.93. The van der Waals surface area contributed by atoms with Crippen molar-refractivity contribution in [1.82, 2.24) is 4.90 Å². The van der Waals surface area contributed by atoms with Gasteiger partial charge in [-0.2, -0.15) is 0 Å². The molecule has 1 unspecified atom stereocenters. The van der Waals surface area contributed by atoms with Crippen LogP contribution in [0.3, 0.4) is 0 Å². The highest BCUT2D eigenvalue weighted by Gasteiger charge is 2.24. The van der Waals surface area contributed by atoms with Gasteiger partial charge in [-0.3, -0.25) is 4.90 Å². The van der Waals surface area contributed by atoms with E-state index < -0.39 is 0 Å². The van der Waals surface area contributed by atoms with Crippen molar-refractivity contribution in [2.24, 2.45) is 5.73 Å². The van der Waals surface area contributed by atoms with Crippen LogP contribution in [-0.2, 0) is 6.54 Å². The van der Waals surface area contributed by atoms with E-state index in [1.54, 1.807) is 5.56 Å². The van der Waals surface area contributed by atoms with Crippen molar-refractivity contribution < 1.29 is 0 Å². The van der Waals surface area contributed by atoms with E-state index in [0.717, 1.165) is 32.0 Å². The van der Waals surface area contributed by atoms with Gasteiger partial charge in [0.15, 0.2) is 0 Å². The quantitative estimate of drug-likeness (QED) is 0.838. The van der Waals surface area contributed by atoms with Gasteiger partial charge in [-0.15, -0.1) is 0 Å². The third-order valence-corrected chi connectivity index (χ3v) is 3.71. The largest absolute Gasteiger partial charge is 0.326 e. The van der Waals surface area contributed by atoms with E-state index >= 15 is 0 Å². The predicted molar refractivity (Wildman–Crippen MR) is 66.3 cm³/mol. The van der Waals surface area contributed by atoms with Crippen LogP contribution in [0.4, 0.5) is 0 Å². The molecule has 1 aliphatic heterocycles. The van der Waals surface area contributed by atoms with Crippen LogP contribution in [0.2, 0.25) is 0 Å². The molecule has 0 spiro atoms. The molecule has 16 heavy (non-hydrogen) atoms. The van der Waals surface area contributed by atoms with Crippen LogP contribution in [0.5, 0.6) is 0 Å². The van der Waals surface area contributed by atoms with Crippen molar-refractivity contribution >= 4 is 0 Å². The number of hydrogen-bond donors (Lipinski definition) is 1. The maximum absolute atomic E-state index is 5.93. The summed E-state index contributed by atoms with van der Waals surface area (Å²) in [5.41, 5.74) is 8.92. The first-order chi connectivity index (χ1) is 7.81. The molecule has 0 aromatic heterocycles. The number of rotatable bonds is 3. The van der Waals surface area contributed by atoms with Crippen LogP contribution in [0.25, 0.3) is 0 Å². The van der Waals surface area contributed by atoms with Crippen molar-refractivity contribution in [3.8, 4) is 0 Å². The maximum Gasteiger partial charge on any atom is 0.0234 e. The van der Waals surface area contributed by atoms with Crippen molar-refractivity contribution in [3.63, 3.8) is 0 Å². The van der Waals surface area contributed by atoms with Crippen LogP contribution < -0.4 is 5.73 Å². The molecule has 1 saturated carbocycles. The summed E-state index contributed by atoms with van der Waals surface area (Å²) >= 11 is 0. The van der Waals surface area contributed by atoms with Crippen LogP contribution in [0.15, 0.2) is 24.3 Å². The molecule has 2 fully saturated rings. The zero-order valence-corrected chi connectivity index (χ0v) is 9.73. The summed E-state index contributed by atoms with van der Waals surface area (Å²) in [6.07, 6.45) is 3.93. The van der Waals surface area contributed by atoms with E-state index in [1.165, 1.54) is 18.4 Å². The Morgan fingerprint density at radius 2 is 2.12 bits per heavy atom. The third-order valence-electron chi connectivity index (χ3n) is 3.71. The molecule has 2 aliphatic rings. The molecule has 3 rings (SSSR count). The first kappa shape index (κ1) is 10.3. The molecule has 1 saturated heterocycles. The fraction of sp³-hybridized carbons (Fsp3) is 0.571. The van der Waals surface area contributed by atoms with Gasteiger partial charge in [0.2, 0.25) is 0 Å². The topological polar surface area (TPSA) is 29.3 Å². The van der Waals surface area contributed by atoms with Gasteiger partial charge in [0, 0.05) is 25.7 Å². The molecule has 1 atom stereocenters. The molecule has 0 amide bonds. The second-order valence-corrected chi connectivity index (χ2v) is 5.30. The molecule has 0 bridgehead atoms. The lowest BCUT2D eigenvalue weighted by atomic mass is 10.1. The number of nitrogens with two attached hydrogens (primary N) is 1. The summed E-state index contributed by atoms with van der Waals surface area (Å²) < 4.78 is 0. The van der Waals surface area contributed by atoms with E-state index in [9.17, 15) is 0 Å². The molecule has 2 N–H and O–H groups in total. The Morgan fingerprint density at radius 3 is 2.81 bits per heavy atom. The number of likely N-dealkylation sites (tertiary alicyclic amines) is 1. The average Bonchev–Trinajstić information content (AvgIpc) is 3.05. The fourth-order valence-corrected chi connectivity index (χ4v) is 2.63. The van der Waals surface area contributed by atoms with Gasteiger partial charge in [-0.25, -0.2) is 0 Å². The zero-order valence-electron chi connectivity index (χ0n) is 9.73. The summed E-state index contributed by atoms with van der Waals surface area (Å²) in [6.45, 7) is 3.30. The van der Waals surface area contributed by atoms with Crippen molar-refractivity contribution in [2.75, 3.05) is 13.1 Å². The first-order valence-corrected chi connectivity index (χ1v) is 6.38. The van der Waals surface area contributed by atoms with E-state index in [-0.39, 0.29) is 0 Å². The van der Waals surface area contributed by atoms with Gasteiger partial charge < -0.3 is 5.73 Å². The van der Waals surface area contributed by atoms with E-state index in [1.807, 2.05) is 0 Å². The SMILES string of the molecule is NC1CCN(Cc2cccc(C3CC3)c2)C1. The number of hydrogen-bond acceptors (Lipinski definition) is 2. The number of nitrogens with zero attached hydrogens (tertiary/aromatic N) is 1. The highest BCUT2D eigenvalue weighted by Crippen LogP contribution is 2.40. The normalized spacial score (nSPS) is 26.2. The summed E-state index contributed by atoms with van der Waals surface area (Å²) in [7, 11) is 0. The van der Waals surface area contributed by atoms with Gasteiger partial charge >= 0.3 is 0 Å². The van der Waals surface area contributed by atoms with Crippen LogP contribution in [-0.4, -0.2) is 24.0 Å². The van der Waals surface area contributed by atoms with Gasteiger partial charge in [0.25, 0.3) is 0 Å². The Kier molecular flexibility index (Phi) is 2.70. The second-order valence-electron chi connectivity index (χ2n) is 5.30. The average molecular weight is 216 g/mol. The number of benzene rings is 1. The molecule has 1 heterocycles. The Morgan fingerprint density at radius 1 is 1.25 bits per heavy atom. The molecule has 1 aromatic rings. The molecule has 0 radical (unpaired) electrons. The minimum Gasteiger partial charge on any atom is -0.326 e. The second kappa shape index (κ2) is 4.19. The Bertz CT molecular complexity index is 371. The monoisotopic (exact) mass is 216 g/mol. The van der Waals surface area contributed by atoms with E-state index in [4.69, 9.17) is 5.73 Å². The molecule has 1 aromatic carbocycles. The molecule has 1 aliphatic carbocycles. The molecular weight excluding hydrogens is 196 g/mol. The van der Waals surface area contributed by atoms with Crippen LogP contribution in [0, 0.1) is 0 Å². The third kappa shape index (κ3) is 2.28. The fourth-order valence-electron chi connectivity index (χ4n) is 2.63. The lowest BCUT2D eigenvalue weighted by Crippen LogP contribution is -2.26. The van der Waals surface area contributed by atoms with Crippen molar-refractivity contribution in [2.45, 2.75) is 37.8 Å². The van der Waals surface area contributed by atoms with E-state index in [0.29, 0.717) is 6.04 Å². The zero-order chi connectivity index (χ0) is 11.0. The Balaban J connectivity index is 1.67. The summed E-state index contributed by atoms with van der Waals surface area (Å²) in [4.78, 5) is 2.47. The summed E-state index contributed by atoms with van der Waals surface area (Å²) in [5.74, 6) is 0.862. The summed E-state index contributed by atoms with van der Waals surface area (Å²) in [6, 6.07) is 9.51. The smallest absolute Gasteiger partial charge is 0.0234 e. The van der Waals surface area contributed by atoms with Gasteiger partial charge in [0.1, 0.15) is 0 Å². The molecular formula is C14H20N2. The van der Waals surface area contributed by atoms with Crippen LogP contribution >= 0.6 is 0 Å². The van der Waals surface area contributed by atoms with Crippen molar-refractivity contribution in [3.05, 3.63) is 35.4 Å². The minimum atomic E-state index is 0.395. The molecule has 86 valence electrons. The van der Waals surface area contributed by atoms with Gasteiger partial charge in [-0.1, -0.05) is 24.3 Å². The lowest BCUT2D eigenvalue weighted by molar-refractivity contribution is 0.327. The van der Waals surface area contributed by atoms with Crippen LogP contribution in [0.1, 0.15) is 36.3 Å². The highest BCUT2D eigenvalue weighted by molar-refractivity contribution is 5.29. The minimum absolute atomic E-state index is 0.395. The lowest BCUT2D eigenvalue weighted by Gasteiger charge is -2.15. The van der Waals surface area contributed by atoms with Gasteiger partial charge in [-0.05, 0) is 36.3 Å². The Hall–Kier alpha value is -0.860. The van der Waals surface area contributed by atoms with Gasteiger partial charge in [0.05, 0.1) is 0 Å². The highest BCUT2D eigenvalue weighted by atomic mass is 15.2. The first-order valence-electron chi connectivity index (χ1n) is 6.38. The molecule has 2 heteroatoms. The predicted octanol–water partition coefficient (Wildman–Crippen LogP) is 2.10. The van der Waals surface area contributed by atoms with Crippen molar-refractivity contribution in [1.29, 1.82) is 0 Å². The summed E-state index contributed by atoms with van der Waals surface area (Å²) in [5, 5.41) is 0.